The molecule has 2 bridgehead atoms. The van der Waals surface area contributed by atoms with Crippen molar-refractivity contribution in [2.24, 2.45) is 5.73 Å². The lowest BCUT2D eigenvalue weighted by Gasteiger charge is -2.41. The van der Waals surface area contributed by atoms with E-state index in [1.165, 1.54) is 6.20 Å². The highest BCUT2D eigenvalue weighted by Crippen LogP contribution is 2.39. The number of nitrogens with one attached hydrogen (secondary N) is 2. The molecule has 1 aromatic heterocycles. The fourth-order valence-corrected chi connectivity index (χ4v) is 6.15. The zero-order valence-electron chi connectivity index (χ0n) is 23.5. The number of nitrogens with two attached hydrogens (primary N) is 1. The number of pyridine rings is 1. The number of carbonyl (C=O) groups is 2. The minimum atomic E-state index is -0.980. The van der Waals surface area contributed by atoms with E-state index < -0.39 is 24.1 Å². The van der Waals surface area contributed by atoms with Crippen LogP contribution < -0.4 is 30.7 Å². The van der Waals surface area contributed by atoms with Crippen molar-refractivity contribution in [2.75, 3.05) is 19.1 Å². The van der Waals surface area contributed by atoms with Gasteiger partial charge in [-0.1, -0.05) is 24.3 Å². The molecule has 41 heavy (non-hydrogen) atoms. The normalized spacial score (nSPS) is 21.2. The van der Waals surface area contributed by atoms with Gasteiger partial charge in [0.25, 0.3) is 5.91 Å². The van der Waals surface area contributed by atoms with Crippen LogP contribution in [-0.2, 0) is 4.79 Å². The first-order chi connectivity index (χ1) is 19.8. The number of hydrogen-bond acceptors (Lipinski definition) is 8. The van der Waals surface area contributed by atoms with Crippen molar-refractivity contribution in [3.05, 3.63) is 83.0 Å². The third kappa shape index (κ3) is 5.98. The number of benzene rings is 2. The molecular formula is C31H37N5O5. The Hall–Kier alpha value is -4.15. The molecule has 0 radical (unpaired) electrons. The zero-order chi connectivity index (χ0) is 29.1. The van der Waals surface area contributed by atoms with Gasteiger partial charge in [-0.05, 0) is 74.1 Å². The van der Waals surface area contributed by atoms with Gasteiger partial charge in [-0.3, -0.25) is 14.9 Å². The van der Waals surface area contributed by atoms with Gasteiger partial charge in [-0.2, -0.15) is 0 Å². The van der Waals surface area contributed by atoms with Crippen molar-refractivity contribution in [3.63, 3.8) is 0 Å². The largest absolute Gasteiger partial charge is 0.497 e. The number of primary amides is 1. The molecule has 3 heterocycles. The summed E-state index contributed by atoms with van der Waals surface area (Å²) >= 11 is 0. The number of nitrogens with zero attached hydrogens (tertiary/aromatic N) is 2. The number of rotatable bonds is 10. The molecule has 2 aliphatic heterocycles. The SMILES string of the molecule is COc1ccc([C@H](NC(=O)c2ccc(N3C4CCC3CC(NC(O)c3cccc(OC)c3C)C4)nc2)C(N)=O)cc1. The van der Waals surface area contributed by atoms with Gasteiger partial charge in [0.2, 0.25) is 5.91 Å². The number of ether oxygens (including phenoxy) is 2. The molecule has 216 valence electrons. The summed E-state index contributed by atoms with van der Waals surface area (Å²) in [4.78, 5) is 32.0. The highest BCUT2D eigenvalue weighted by molar-refractivity contribution is 5.97. The molecule has 2 amide bonds. The van der Waals surface area contributed by atoms with Gasteiger partial charge in [0.15, 0.2) is 0 Å². The number of carbonyl (C=O) groups excluding carboxylic acids is 2. The summed E-state index contributed by atoms with van der Waals surface area (Å²) in [5, 5.41) is 17.1. The highest BCUT2D eigenvalue weighted by atomic mass is 16.5. The van der Waals surface area contributed by atoms with Crippen LogP contribution in [0.25, 0.3) is 0 Å². The van der Waals surface area contributed by atoms with Crippen molar-refractivity contribution in [2.45, 2.75) is 63.0 Å². The smallest absolute Gasteiger partial charge is 0.253 e. The second-order valence-electron chi connectivity index (χ2n) is 10.7. The summed E-state index contributed by atoms with van der Waals surface area (Å²) < 4.78 is 10.6. The standard InChI is InChI=1S/C31H37N5O5/c1-18-25(5-4-6-26(18)41-3)31(39)34-21-15-22-10-11-23(16-21)36(22)27-14-9-20(17-33-27)30(38)35-28(29(32)37)19-7-12-24(40-2)13-8-19/h4-9,12-14,17,21-23,28,31,34,39H,10-11,15-16H2,1-3H3,(H2,32,37)(H,35,38)/t21?,22?,23?,28-,31?/m0/s1. The summed E-state index contributed by atoms with van der Waals surface area (Å²) in [7, 11) is 3.19. The van der Waals surface area contributed by atoms with Crippen LogP contribution in [-0.4, -0.2) is 54.2 Å². The number of piperidine rings is 1. The molecule has 2 saturated heterocycles. The number of hydrogen-bond donors (Lipinski definition) is 4. The van der Waals surface area contributed by atoms with E-state index >= 15 is 0 Å². The second kappa shape index (κ2) is 12.2. The monoisotopic (exact) mass is 559 g/mol. The van der Waals surface area contributed by atoms with Gasteiger partial charge in [-0.15, -0.1) is 0 Å². The quantitative estimate of drug-likeness (QED) is 0.278. The van der Waals surface area contributed by atoms with Gasteiger partial charge in [0.1, 0.15) is 29.6 Å². The van der Waals surface area contributed by atoms with E-state index in [1.54, 1.807) is 44.6 Å². The van der Waals surface area contributed by atoms with Crippen molar-refractivity contribution in [1.82, 2.24) is 15.6 Å². The topological polar surface area (TPSA) is 139 Å². The molecule has 0 aliphatic carbocycles. The van der Waals surface area contributed by atoms with E-state index in [-0.39, 0.29) is 18.1 Å². The van der Waals surface area contributed by atoms with Crippen LogP contribution in [0.2, 0.25) is 0 Å². The fourth-order valence-electron chi connectivity index (χ4n) is 6.15. The van der Waals surface area contributed by atoms with E-state index in [4.69, 9.17) is 15.2 Å². The maximum atomic E-state index is 13.0. The van der Waals surface area contributed by atoms with Crippen molar-refractivity contribution >= 4 is 17.6 Å². The third-order valence-electron chi connectivity index (χ3n) is 8.25. The zero-order valence-corrected chi connectivity index (χ0v) is 23.5. The Bertz CT molecular complexity index is 1370. The Morgan fingerprint density at radius 3 is 2.32 bits per heavy atom. The number of methoxy groups -OCH3 is 2. The number of fused-ring (bicyclic) bond motifs is 2. The van der Waals surface area contributed by atoms with Crippen molar-refractivity contribution in [1.29, 1.82) is 0 Å². The minimum Gasteiger partial charge on any atom is -0.497 e. The first-order valence-corrected chi connectivity index (χ1v) is 13.8. The van der Waals surface area contributed by atoms with E-state index in [2.05, 4.69) is 20.5 Å². The Morgan fingerprint density at radius 2 is 1.73 bits per heavy atom. The Morgan fingerprint density at radius 1 is 1.02 bits per heavy atom. The summed E-state index contributed by atoms with van der Waals surface area (Å²) in [6.45, 7) is 1.95. The van der Waals surface area contributed by atoms with Crippen molar-refractivity contribution in [3.8, 4) is 11.5 Å². The van der Waals surface area contributed by atoms with Gasteiger partial charge < -0.3 is 30.5 Å². The van der Waals surface area contributed by atoms with E-state index in [9.17, 15) is 14.7 Å². The molecule has 3 aromatic rings. The van der Waals surface area contributed by atoms with Crippen LogP contribution in [0.3, 0.4) is 0 Å². The van der Waals surface area contributed by atoms with E-state index in [1.807, 2.05) is 31.2 Å². The average molecular weight is 560 g/mol. The molecule has 4 atom stereocenters. The van der Waals surface area contributed by atoms with Crippen LogP contribution in [0.1, 0.15) is 65.0 Å². The van der Waals surface area contributed by atoms with Crippen LogP contribution in [0.4, 0.5) is 5.82 Å². The molecule has 0 spiro atoms. The Labute approximate surface area is 239 Å². The molecule has 3 unspecified atom stereocenters. The van der Waals surface area contributed by atoms with Crippen LogP contribution in [0.5, 0.6) is 11.5 Å². The summed E-state index contributed by atoms with van der Waals surface area (Å²) in [6.07, 6.45) is 4.60. The van der Waals surface area contributed by atoms with E-state index in [0.717, 1.165) is 48.4 Å². The number of aromatic nitrogens is 1. The first kappa shape index (κ1) is 28.4. The van der Waals surface area contributed by atoms with Gasteiger partial charge >= 0.3 is 0 Å². The van der Waals surface area contributed by atoms with Crippen LogP contribution in [0.15, 0.2) is 60.8 Å². The maximum Gasteiger partial charge on any atom is 0.253 e. The minimum absolute atomic E-state index is 0.165. The van der Waals surface area contributed by atoms with Crippen LogP contribution >= 0.6 is 0 Å². The molecule has 5 rings (SSSR count). The molecule has 10 heteroatoms. The highest BCUT2D eigenvalue weighted by Gasteiger charge is 2.42. The number of aliphatic hydroxyl groups excluding tert-OH is 1. The van der Waals surface area contributed by atoms with Gasteiger partial charge in [0, 0.05) is 29.9 Å². The fraction of sp³-hybridized carbons (Fsp3) is 0.387. The molecule has 2 aromatic carbocycles. The lowest BCUT2D eigenvalue weighted by atomic mass is 9.96. The predicted octanol–water partition coefficient (Wildman–Crippen LogP) is 3.14. The molecule has 0 saturated carbocycles. The lowest BCUT2D eigenvalue weighted by molar-refractivity contribution is -0.120. The molecule has 10 nitrogen and oxygen atoms in total. The maximum absolute atomic E-state index is 13.0. The summed E-state index contributed by atoms with van der Waals surface area (Å²) in [5.41, 5.74) is 8.24. The number of aliphatic hydroxyl groups is 1. The van der Waals surface area contributed by atoms with Gasteiger partial charge in [-0.25, -0.2) is 4.98 Å². The molecule has 2 fully saturated rings. The number of amides is 2. The molecular weight excluding hydrogens is 522 g/mol. The second-order valence-corrected chi connectivity index (χ2v) is 10.7. The van der Waals surface area contributed by atoms with Gasteiger partial charge in [0.05, 0.1) is 19.8 Å². The first-order valence-electron chi connectivity index (χ1n) is 13.8. The molecule has 2 aliphatic rings. The number of anilines is 1. The molecule has 5 N–H and O–H groups in total. The van der Waals surface area contributed by atoms with Crippen molar-refractivity contribution < 1.29 is 24.2 Å². The third-order valence-corrected chi connectivity index (χ3v) is 8.25. The van der Waals surface area contributed by atoms with Crippen LogP contribution in [0, 0.1) is 6.92 Å². The predicted molar refractivity (Wildman–Crippen MR) is 155 cm³/mol. The Kier molecular flexibility index (Phi) is 8.41. The lowest BCUT2D eigenvalue weighted by Crippen LogP contribution is -2.50. The van der Waals surface area contributed by atoms with E-state index in [0.29, 0.717) is 16.9 Å². The average Bonchev–Trinajstić information content (AvgIpc) is 3.25. The summed E-state index contributed by atoms with van der Waals surface area (Å²) in [6, 6.07) is 15.8. The Balaban J connectivity index is 1.22. The summed E-state index contributed by atoms with van der Waals surface area (Å²) in [5.74, 6) is 1.12.